The fourth-order valence-corrected chi connectivity index (χ4v) is 2.05. The zero-order chi connectivity index (χ0) is 14.4. The fraction of sp³-hybridized carbons (Fsp3) is 0.333. The van der Waals surface area contributed by atoms with Gasteiger partial charge in [0.05, 0.1) is 10.3 Å². The van der Waals surface area contributed by atoms with Crippen molar-refractivity contribution in [2.75, 3.05) is 10.6 Å². The van der Waals surface area contributed by atoms with Gasteiger partial charge in [-0.1, -0.05) is 0 Å². The van der Waals surface area contributed by atoms with Gasteiger partial charge in [-0.3, -0.25) is 19.7 Å². The summed E-state index contributed by atoms with van der Waals surface area (Å²) in [5.74, 6) is -0.636. The number of hydrogen-bond acceptors (Lipinski definition) is 4. The van der Waals surface area contributed by atoms with Gasteiger partial charge < -0.3 is 10.6 Å². The van der Waals surface area contributed by atoms with E-state index in [1.165, 1.54) is 19.1 Å². The first-order valence-corrected chi connectivity index (χ1v) is 5.65. The van der Waals surface area contributed by atoms with Crippen LogP contribution in [0.25, 0.3) is 0 Å². The van der Waals surface area contributed by atoms with Gasteiger partial charge >= 0.3 is 0 Å². The van der Waals surface area contributed by atoms with Gasteiger partial charge in [-0.2, -0.15) is 0 Å². The number of fused-ring (bicyclic) bond motifs is 1. The number of hydrogen-bond donors (Lipinski definition) is 2. The van der Waals surface area contributed by atoms with E-state index in [2.05, 4.69) is 10.6 Å². The molecule has 0 bridgehead atoms. The van der Waals surface area contributed by atoms with Crippen molar-refractivity contribution in [3.63, 3.8) is 0 Å². The van der Waals surface area contributed by atoms with E-state index < -0.39 is 16.2 Å². The predicted molar refractivity (Wildman–Crippen MR) is 69.1 cm³/mol. The van der Waals surface area contributed by atoms with E-state index >= 15 is 0 Å². The third-order valence-electron chi connectivity index (χ3n) is 3.13. The topological polar surface area (TPSA) is 101 Å². The molecule has 0 saturated carbocycles. The highest BCUT2D eigenvalue weighted by molar-refractivity contribution is 6.07. The Morgan fingerprint density at radius 3 is 2.58 bits per heavy atom. The third-order valence-corrected chi connectivity index (χ3v) is 3.13. The third kappa shape index (κ3) is 2.03. The minimum atomic E-state index is -0.825. The molecule has 19 heavy (non-hydrogen) atoms. The van der Waals surface area contributed by atoms with Gasteiger partial charge in [-0.25, -0.2) is 0 Å². The summed E-state index contributed by atoms with van der Waals surface area (Å²) in [5, 5.41) is 16.1. The molecular formula is C12H13N3O4. The van der Waals surface area contributed by atoms with E-state index in [-0.39, 0.29) is 17.3 Å². The first-order chi connectivity index (χ1) is 8.73. The summed E-state index contributed by atoms with van der Waals surface area (Å²) in [6.07, 6.45) is 0. The molecule has 2 N–H and O–H groups in total. The Balaban J connectivity index is 2.62. The van der Waals surface area contributed by atoms with E-state index in [0.29, 0.717) is 11.3 Å². The fourth-order valence-electron chi connectivity index (χ4n) is 2.05. The maximum Gasteiger partial charge on any atom is 0.293 e. The molecule has 1 aromatic carbocycles. The van der Waals surface area contributed by atoms with Gasteiger partial charge in [0.1, 0.15) is 5.69 Å². The van der Waals surface area contributed by atoms with Gasteiger partial charge in [0.25, 0.3) is 5.69 Å². The number of rotatable bonds is 2. The number of carbonyl (C=O) groups is 2. The van der Waals surface area contributed by atoms with Crippen LogP contribution >= 0.6 is 0 Å². The van der Waals surface area contributed by atoms with Crippen LogP contribution in [0.4, 0.5) is 17.1 Å². The van der Waals surface area contributed by atoms with Crippen LogP contribution in [0.5, 0.6) is 0 Å². The van der Waals surface area contributed by atoms with Crippen LogP contribution < -0.4 is 10.6 Å². The molecule has 0 fully saturated rings. The molecule has 7 nitrogen and oxygen atoms in total. The predicted octanol–water partition coefficient (Wildman–Crippen LogP) is 1.78. The van der Waals surface area contributed by atoms with Crippen LogP contribution in [0, 0.1) is 10.1 Å². The number of nitro groups is 1. The molecule has 0 aliphatic carbocycles. The second-order valence-electron chi connectivity index (χ2n) is 4.93. The number of benzene rings is 1. The average Bonchev–Trinajstić information content (AvgIpc) is 2.47. The van der Waals surface area contributed by atoms with E-state index in [1.807, 2.05) is 0 Å². The van der Waals surface area contributed by atoms with Crippen LogP contribution in [0.15, 0.2) is 12.1 Å². The molecule has 1 aliphatic heterocycles. The molecule has 7 heteroatoms. The molecule has 0 radical (unpaired) electrons. The highest BCUT2D eigenvalue weighted by atomic mass is 16.6. The van der Waals surface area contributed by atoms with Gasteiger partial charge in [0.15, 0.2) is 0 Å². The van der Waals surface area contributed by atoms with Crippen molar-refractivity contribution in [3.05, 3.63) is 27.8 Å². The Morgan fingerprint density at radius 2 is 2.05 bits per heavy atom. The number of amides is 2. The van der Waals surface area contributed by atoms with E-state index in [1.54, 1.807) is 13.8 Å². The molecule has 2 rings (SSSR count). The van der Waals surface area contributed by atoms with Crippen molar-refractivity contribution in [1.82, 2.24) is 0 Å². The van der Waals surface area contributed by atoms with Crippen molar-refractivity contribution in [2.45, 2.75) is 26.2 Å². The van der Waals surface area contributed by atoms with Crippen molar-refractivity contribution in [3.8, 4) is 0 Å². The maximum absolute atomic E-state index is 11.8. The maximum atomic E-state index is 11.8. The summed E-state index contributed by atoms with van der Waals surface area (Å²) in [5.41, 5.74) is 0.0740. The number of nitro benzene ring substituents is 1. The van der Waals surface area contributed by atoms with Crippen molar-refractivity contribution >= 4 is 28.9 Å². The molecule has 0 spiro atoms. The SMILES string of the molecule is CC(=O)Nc1cc2c(cc1[N+](=O)[O-])C(C)(C)C(=O)N2. The summed E-state index contributed by atoms with van der Waals surface area (Å²) in [7, 11) is 0. The number of nitrogens with zero attached hydrogens (tertiary/aromatic N) is 1. The van der Waals surface area contributed by atoms with Crippen molar-refractivity contribution < 1.29 is 14.5 Å². The minimum absolute atomic E-state index is 0.0780. The molecule has 1 heterocycles. The molecule has 0 atom stereocenters. The van der Waals surface area contributed by atoms with Gasteiger partial charge in [-0.15, -0.1) is 0 Å². The monoisotopic (exact) mass is 263 g/mol. The quantitative estimate of drug-likeness (QED) is 0.627. The number of anilines is 2. The Kier molecular flexibility index (Phi) is 2.77. The van der Waals surface area contributed by atoms with Gasteiger partial charge in [0, 0.05) is 18.7 Å². The molecule has 1 aromatic rings. The molecular weight excluding hydrogens is 250 g/mol. The standard InChI is InChI=1S/C12H13N3O4/c1-6(16)13-9-5-8-7(4-10(9)15(18)19)12(2,3)11(17)14-8/h4-5H,1-3H3,(H,13,16)(H,14,17). The average molecular weight is 263 g/mol. The Hall–Kier alpha value is -2.44. The van der Waals surface area contributed by atoms with Crippen molar-refractivity contribution in [1.29, 1.82) is 0 Å². The summed E-state index contributed by atoms with van der Waals surface area (Å²) >= 11 is 0. The van der Waals surface area contributed by atoms with Crippen molar-refractivity contribution in [2.24, 2.45) is 0 Å². The second kappa shape index (κ2) is 4.04. The smallest absolute Gasteiger partial charge is 0.293 e. The lowest BCUT2D eigenvalue weighted by atomic mass is 9.86. The number of nitrogens with one attached hydrogen (secondary N) is 2. The highest BCUT2D eigenvalue weighted by Gasteiger charge is 2.40. The zero-order valence-electron chi connectivity index (χ0n) is 10.7. The molecule has 2 amide bonds. The van der Waals surface area contributed by atoms with Gasteiger partial charge in [0.2, 0.25) is 11.8 Å². The van der Waals surface area contributed by atoms with Crippen LogP contribution in [0.2, 0.25) is 0 Å². The molecule has 0 aromatic heterocycles. The molecule has 0 unspecified atom stereocenters. The summed E-state index contributed by atoms with van der Waals surface area (Å²) in [4.78, 5) is 33.3. The lowest BCUT2D eigenvalue weighted by Crippen LogP contribution is -2.26. The Bertz CT molecular complexity index is 607. The van der Waals surface area contributed by atoms with Crippen LogP contribution in [-0.4, -0.2) is 16.7 Å². The van der Waals surface area contributed by atoms with E-state index in [0.717, 1.165) is 0 Å². The summed E-state index contributed by atoms with van der Waals surface area (Å²) in [6, 6.07) is 2.75. The van der Waals surface area contributed by atoms with Crippen LogP contribution in [-0.2, 0) is 15.0 Å². The van der Waals surface area contributed by atoms with E-state index in [4.69, 9.17) is 0 Å². The summed E-state index contributed by atoms with van der Waals surface area (Å²) in [6.45, 7) is 4.64. The van der Waals surface area contributed by atoms with Crippen LogP contribution in [0.1, 0.15) is 26.3 Å². The minimum Gasteiger partial charge on any atom is -0.325 e. The largest absolute Gasteiger partial charge is 0.325 e. The number of carbonyl (C=O) groups excluding carboxylic acids is 2. The molecule has 0 saturated heterocycles. The second-order valence-corrected chi connectivity index (χ2v) is 4.93. The summed E-state index contributed by atoms with van der Waals surface area (Å²) < 4.78 is 0. The lowest BCUT2D eigenvalue weighted by molar-refractivity contribution is -0.384. The Labute approximate surface area is 109 Å². The van der Waals surface area contributed by atoms with Crippen LogP contribution in [0.3, 0.4) is 0 Å². The first-order valence-electron chi connectivity index (χ1n) is 5.65. The normalized spacial score (nSPS) is 15.6. The molecule has 100 valence electrons. The first kappa shape index (κ1) is 13.0. The Morgan fingerprint density at radius 1 is 1.42 bits per heavy atom. The van der Waals surface area contributed by atoms with Gasteiger partial charge in [-0.05, 0) is 25.5 Å². The van der Waals surface area contributed by atoms with E-state index in [9.17, 15) is 19.7 Å². The highest BCUT2D eigenvalue weighted by Crippen LogP contribution is 2.42. The lowest BCUT2D eigenvalue weighted by Gasteiger charge is -2.15. The zero-order valence-corrected chi connectivity index (χ0v) is 10.7. The molecule has 1 aliphatic rings.